The lowest BCUT2D eigenvalue weighted by Crippen LogP contribution is -2.44. The minimum absolute atomic E-state index is 0.0769. The van der Waals surface area contributed by atoms with Crippen molar-refractivity contribution in [3.63, 3.8) is 0 Å². The Hall–Kier alpha value is -3.04. The van der Waals surface area contributed by atoms with E-state index in [9.17, 15) is 9.59 Å². The SMILES string of the molecule is Cn1cc(Br)cc1C(=O)NC[C@H]1Cc2[nH]c(N)nc2[C@@H](c2cnc(N)[nH]2)[C@@H]1CNC(=O)c1cc(Br)c(Br)[nH]1. The smallest absolute Gasteiger partial charge is 0.267 e. The molecule has 4 aromatic heterocycles. The zero-order chi connectivity index (χ0) is 27.1. The molecule has 12 nitrogen and oxygen atoms in total. The number of aryl methyl sites for hydroxylation is 1. The Kier molecular flexibility index (Phi) is 7.42. The molecule has 0 fully saturated rings. The number of fused-ring (bicyclic) bond motifs is 1. The molecule has 0 saturated carbocycles. The van der Waals surface area contributed by atoms with Gasteiger partial charge in [0.05, 0.1) is 21.0 Å². The summed E-state index contributed by atoms with van der Waals surface area (Å²) in [6.45, 7) is 0.666. The van der Waals surface area contributed by atoms with Gasteiger partial charge < -0.3 is 41.6 Å². The summed E-state index contributed by atoms with van der Waals surface area (Å²) in [6.07, 6.45) is 4.07. The van der Waals surface area contributed by atoms with E-state index in [1.165, 1.54) is 0 Å². The number of carbonyl (C=O) groups is 2. The summed E-state index contributed by atoms with van der Waals surface area (Å²) in [6, 6.07) is 3.47. The summed E-state index contributed by atoms with van der Waals surface area (Å²) in [5.41, 5.74) is 15.3. The third-order valence-corrected chi connectivity index (χ3v) is 8.99. The van der Waals surface area contributed by atoms with Crippen molar-refractivity contribution in [2.24, 2.45) is 18.9 Å². The average Bonchev–Trinajstić information content (AvgIpc) is 3.62. The van der Waals surface area contributed by atoms with Crippen molar-refractivity contribution in [1.82, 2.24) is 40.1 Å². The maximum Gasteiger partial charge on any atom is 0.267 e. The van der Waals surface area contributed by atoms with E-state index in [1.54, 1.807) is 22.9 Å². The number of nitrogens with two attached hydrogens (primary N) is 2. The molecule has 3 atom stereocenters. The van der Waals surface area contributed by atoms with Crippen LogP contribution in [0.5, 0.6) is 0 Å². The van der Waals surface area contributed by atoms with Gasteiger partial charge in [-0.3, -0.25) is 9.59 Å². The third-order valence-electron chi connectivity index (χ3n) is 6.77. The Morgan fingerprint density at radius 2 is 1.84 bits per heavy atom. The fourth-order valence-electron chi connectivity index (χ4n) is 5.04. The highest BCUT2D eigenvalue weighted by molar-refractivity contribution is 9.13. The molecular weight excluding hydrogens is 688 g/mol. The molecule has 0 bridgehead atoms. The van der Waals surface area contributed by atoms with Gasteiger partial charge in [-0.1, -0.05) is 0 Å². The van der Waals surface area contributed by atoms with Crippen molar-refractivity contribution in [2.45, 2.75) is 12.3 Å². The number of amides is 2. The van der Waals surface area contributed by atoms with Gasteiger partial charge in [0.2, 0.25) is 0 Å². The van der Waals surface area contributed by atoms with Gasteiger partial charge in [-0.2, -0.15) is 0 Å². The van der Waals surface area contributed by atoms with Gasteiger partial charge >= 0.3 is 0 Å². The fraction of sp³-hybridized carbons (Fsp3) is 0.304. The number of imidazole rings is 2. The van der Waals surface area contributed by atoms with Crippen LogP contribution in [-0.2, 0) is 13.5 Å². The van der Waals surface area contributed by atoms with Crippen LogP contribution in [-0.4, -0.2) is 54.4 Å². The zero-order valence-corrected chi connectivity index (χ0v) is 24.9. The number of nitrogens with zero attached hydrogens (tertiary/aromatic N) is 3. The van der Waals surface area contributed by atoms with Gasteiger partial charge in [-0.05, 0) is 78.2 Å². The second-order valence-electron chi connectivity index (χ2n) is 9.23. The summed E-state index contributed by atoms with van der Waals surface area (Å²) in [4.78, 5) is 44.1. The largest absolute Gasteiger partial charge is 0.369 e. The maximum absolute atomic E-state index is 13.0. The molecule has 0 saturated heterocycles. The van der Waals surface area contributed by atoms with Crippen LogP contribution in [0, 0.1) is 11.8 Å². The minimum Gasteiger partial charge on any atom is -0.369 e. The number of anilines is 2. The molecule has 4 heterocycles. The molecule has 15 heteroatoms. The van der Waals surface area contributed by atoms with Gasteiger partial charge in [0.15, 0.2) is 11.9 Å². The van der Waals surface area contributed by atoms with Crippen molar-refractivity contribution in [3.05, 3.63) is 66.5 Å². The number of nitrogens with one attached hydrogen (secondary N) is 5. The molecule has 0 aliphatic heterocycles. The van der Waals surface area contributed by atoms with Crippen LogP contribution in [0.3, 0.4) is 0 Å². The molecule has 0 radical (unpaired) electrons. The summed E-state index contributed by atoms with van der Waals surface area (Å²) in [5, 5.41) is 6.12. The second kappa shape index (κ2) is 10.6. The number of H-pyrrole nitrogens is 3. The number of halogens is 3. The average molecular weight is 713 g/mol. The summed E-state index contributed by atoms with van der Waals surface area (Å²) in [5.74, 6) is -0.426. The predicted octanol–water partition coefficient (Wildman–Crippen LogP) is 3.03. The molecule has 9 N–H and O–H groups in total. The van der Waals surface area contributed by atoms with Crippen LogP contribution in [0.15, 0.2) is 38.1 Å². The number of hydrogen-bond acceptors (Lipinski definition) is 6. The van der Waals surface area contributed by atoms with Crippen LogP contribution >= 0.6 is 47.8 Å². The van der Waals surface area contributed by atoms with Gasteiger partial charge in [-0.25, -0.2) is 9.97 Å². The quantitative estimate of drug-likeness (QED) is 0.154. The minimum atomic E-state index is -0.300. The van der Waals surface area contributed by atoms with E-state index in [1.807, 2.05) is 13.2 Å². The monoisotopic (exact) mass is 710 g/mol. The van der Waals surface area contributed by atoms with Crippen molar-refractivity contribution in [1.29, 1.82) is 0 Å². The highest BCUT2D eigenvalue weighted by Gasteiger charge is 2.41. The molecule has 0 unspecified atom stereocenters. The lowest BCUT2D eigenvalue weighted by Gasteiger charge is -2.37. The maximum atomic E-state index is 13.0. The summed E-state index contributed by atoms with van der Waals surface area (Å²) in [7, 11) is 1.81. The Balaban J connectivity index is 1.44. The van der Waals surface area contributed by atoms with Gasteiger partial charge in [0, 0.05) is 48.1 Å². The molecule has 2 amide bonds. The van der Waals surface area contributed by atoms with Crippen LogP contribution < -0.4 is 22.1 Å². The van der Waals surface area contributed by atoms with Gasteiger partial charge in [0.25, 0.3) is 11.8 Å². The van der Waals surface area contributed by atoms with E-state index < -0.39 is 0 Å². The van der Waals surface area contributed by atoms with Gasteiger partial charge in [-0.15, -0.1) is 0 Å². The number of aromatic nitrogens is 6. The molecule has 38 heavy (non-hydrogen) atoms. The molecule has 0 spiro atoms. The topological polar surface area (TPSA) is 188 Å². The number of rotatable bonds is 7. The van der Waals surface area contributed by atoms with Gasteiger partial charge in [0.1, 0.15) is 11.4 Å². The van der Waals surface area contributed by atoms with Crippen molar-refractivity contribution in [2.75, 3.05) is 24.6 Å². The Bertz CT molecular complexity index is 1480. The highest BCUT2D eigenvalue weighted by Crippen LogP contribution is 2.42. The Morgan fingerprint density at radius 1 is 1.08 bits per heavy atom. The summed E-state index contributed by atoms with van der Waals surface area (Å²) >= 11 is 10.2. The summed E-state index contributed by atoms with van der Waals surface area (Å²) < 4.78 is 4.00. The lowest BCUT2D eigenvalue weighted by atomic mass is 9.71. The number of carbonyl (C=O) groups excluding carboxylic acids is 2. The van der Waals surface area contributed by atoms with Crippen LogP contribution in [0.1, 0.15) is 44.0 Å². The molecule has 5 rings (SSSR count). The van der Waals surface area contributed by atoms with Crippen LogP contribution in [0.2, 0.25) is 0 Å². The second-order valence-corrected chi connectivity index (χ2v) is 11.8. The van der Waals surface area contributed by atoms with E-state index in [2.05, 4.69) is 83.3 Å². The van der Waals surface area contributed by atoms with Crippen molar-refractivity contribution < 1.29 is 9.59 Å². The molecule has 4 aromatic rings. The highest BCUT2D eigenvalue weighted by atomic mass is 79.9. The van der Waals surface area contributed by atoms with Crippen LogP contribution in [0.25, 0.3) is 0 Å². The van der Waals surface area contributed by atoms with E-state index in [0.717, 1.165) is 26.0 Å². The van der Waals surface area contributed by atoms with E-state index in [4.69, 9.17) is 11.5 Å². The molecular formula is C23H25Br3N10O2. The molecule has 1 aliphatic rings. The third kappa shape index (κ3) is 5.27. The molecule has 1 aliphatic carbocycles. The van der Waals surface area contributed by atoms with Crippen molar-refractivity contribution in [3.8, 4) is 0 Å². The first-order valence-corrected chi connectivity index (χ1v) is 14.1. The lowest BCUT2D eigenvalue weighted by molar-refractivity contribution is 0.0904. The molecule has 200 valence electrons. The normalized spacial score (nSPS) is 18.8. The number of aromatic amines is 3. The Morgan fingerprint density at radius 3 is 2.47 bits per heavy atom. The standard InChI is InChI=1S/C23H25Br3N10O2/c1-36-8-10(24)3-16(36)21(38)29-5-9-2-13-18(35-23(28)33-13)17(15-7-31-22(27)34-15)11(9)6-30-20(37)14-4-12(25)19(26)32-14/h3-4,7-9,11,17,32H,2,5-6H2,1H3,(H,29,38)(H,30,37)(H3,27,31,34)(H3,28,33,35)/t9-,11-,17-/m1/s1. The number of nitrogen functional groups attached to an aromatic ring is 2. The number of hydrogen-bond donors (Lipinski definition) is 7. The Labute approximate surface area is 242 Å². The van der Waals surface area contributed by atoms with Crippen LogP contribution in [0.4, 0.5) is 11.9 Å². The first kappa shape index (κ1) is 26.6. The zero-order valence-electron chi connectivity index (χ0n) is 20.1. The van der Waals surface area contributed by atoms with E-state index in [0.29, 0.717) is 41.4 Å². The first-order valence-electron chi connectivity index (χ1n) is 11.7. The first-order chi connectivity index (χ1) is 18.1. The molecule has 0 aromatic carbocycles. The predicted molar refractivity (Wildman–Crippen MR) is 152 cm³/mol. The van der Waals surface area contributed by atoms with E-state index in [-0.39, 0.29) is 35.5 Å². The van der Waals surface area contributed by atoms with Crippen molar-refractivity contribution >= 4 is 71.5 Å². The fourth-order valence-corrected chi connectivity index (χ4v) is 6.22. The van der Waals surface area contributed by atoms with E-state index >= 15 is 0 Å².